The first-order chi connectivity index (χ1) is 7.02. The Hall–Kier alpha value is -0.810. The number of carbonyl (C=O) groups is 2. The van der Waals surface area contributed by atoms with Crippen LogP contribution in [-0.2, 0) is 9.59 Å². The lowest BCUT2D eigenvalue weighted by Crippen LogP contribution is -2.49. The molecule has 1 rings (SSSR count). The van der Waals surface area contributed by atoms with Crippen LogP contribution in [0.2, 0.25) is 0 Å². The molecule has 1 fully saturated rings. The van der Waals surface area contributed by atoms with Gasteiger partial charge in [0.25, 0.3) is 0 Å². The highest BCUT2D eigenvalue weighted by atomic mass is 35.5. The number of nitrogens with one attached hydrogen (secondary N) is 2. The molecule has 2 N–H and O–H groups in total. The molecule has 16 heavy (non-hydrogen) atoms. The second-order valence-electron chi connectivity index (χ2n) is 4.02. The van der Waals surface area contributed by atoms with E-state index in [0.717, 1.165) is 19.5 Å². The van der Waals surface area contributed by atoms with E-state index in [1.807, 2.05) is 0 Å². The van der Waals surface area contributed by atoms with Gasteiger partial charge in [-0.1, -0.05) is 0 Å². The summed E-state index contributed by atoms with van der Waals surface area (Å²) in [6, 6.07) is -0.179. The molecule has 0 spiro atoms. The number of likely N-dealkylation sites (N-methyl/N-ethyl adjacent to an activating group) is 1. The van der Waals surface area contributed by atoms with Crippen LogP contribution in [0.4, 0.5) is 0 Å². The van der Waals surface area contributed by atoms with E-state index in [2.05, 4.69) is 10.6 Å². The van der Waals surface area contributed by atoms with E-state index >= 15 is 0 Å². The summed E-state index contributed by atoms with van der Waals surface area (Å²) in [5.74, 6) is -0.201. The topological polar surface area (TPSA) is 61.4 Å². The van der Waals surface area contributed by atoms with Crippen molar-refractivity contribution in [3.05, 3.63) is 0 Å². The largest absolute Gasteiger partial charge is 0.345 e. The van der Waals surface area contributed by atoms with Crippen molar-refractivity contribution >= 4 is 24.2 Å². The third-order valence-corrected chi connectivity index (χ3v) is 2.72. The van der Waals surface area contributed by atoms with Crippen LogP contribution in [0.3, 0.4) is 0 Å². The molecule has 0 aromatic rings. The van der Waals surface area contributed by atoms with Crippen molar-refractivity contribution in [1.29, 1.82) is 0 Å². The van der Waals surface area contributed by atoms with Gasteiger partial charge in [-0.2, -0.15) is 0 Å². The SMILES string of the molecule is CC(=O)NC(C)C(=O)N(C)C1CCNC1.Cl. The maximum atomic E-state index is 11.8. The normalized spacial score (nSPS) is 20.8. The molecular formula is C10H20ClN3O2. The monoisotopic (exact) mass is 249 g/mol. The van der Waals surface area contributed by atoms with E-state index in [0.29, 0.717) is 0 Å². The van der Waals surface area contributed by atoms with Gasteiger partial charge < -0.3 is 15.5 Å². The summed E-state index contributed by atoms with van der Waals surface area (Å²) in [7, 11) is 1.79. The minimum absolute atomic E-state index is 0. The lowest BCUT2D eigenvalue weighted by Gasteiger charge is -2.26. The maximum Gasteiger partial charge on any atom is 0.244 e. The fourth-order valence-corrected chi connectivity index (χ4v) is 1.82. The van der Waals surface area contributed by atoms with Gasteiger partial charge in [-0.05, 0) is 19.9 Å². The molecule has 2 atom stereocenters. The van der Waals surface area contributed by atoms with Gasteiger partial charge in [0, 0.05) is 26.6 Å². The number of nitrogens with zero attached hydrogens (tertiary/aromatic N) is 1. The molecule has 0 aromatic heterocycles. The number of halogens is 1. The molecule has 6 heteroatoms. The Bertz CT molecular complexity index is 254. The molecule has 1 saturated heterocycles. The average molecular weight is 250 g/mol. The lowest BCUT2D eigenvalue weighted by atomic mass is 10.2. The van der Waals surface area contributed by atoms with Gasteiger partial charge in [0.1, 0.15) is 6.04 Å². The predicted octanol–water partition coefficient (Wildman–Crippen LogP) is -0.247. The van der Waals surface area contributed by atoms with Crippen LogP contribution in [0.25, 0.3) is 0 Å². The van der Waals surface area contributed by atoms with Gasteiger partial charge in [-0.3, -0.25) is 9.59 Å². The summed E-state index contributed by atoms with van der Waals surface area (Å²) in [5.41, 5.74) is 0. The van der Waals surface area contributed by atoms with Crippen molar-refractivity contribution in [3.8, 4) is 0 Å². The van der Waals surface area contributed by atoms with Gasteiger partial charge in [0.15, 0.2) is 0 Å². The number of hydrogen-bond acceptors (Lipinski definition) is 3. The van der Waals surface area contributed by atoms with Crippen LogP contribution < -0.4 is 10.6 Å². The minimum atomic E-state index is -0.437. The van der Waals surface area contributed by atoms with Crippen LogP contribution in [0.5, 0.6) is 0 Å². The van der Waals surface area contributed by atoms with Crippen LogP contribution >= 0.6 is 12.4 Å². The van der Waals surface area contributed by atoms with E-state index in [9.17, 15) is 9.59 Å². The molecule has 1 heterocycles. The smallest absolute Gasteiger partial charge is 0.244 e. The standard InChI is InChI=1S/C10H19N3O2.ClH/c1-7(12-8(2)14)10(15)13(3)9-4-5-11-6-9;/h7,9,11H,4-6H2,1-3H3,(H,12,14);1H. The molecule has 1 aliphatic heterocycles. The van der Waals surface area contributed by atoms with Crippen molar-refractivity contribution in [2.45, 2.75) is 32.4 Å². The quantitative estimate of drug-likeness (QED) is 0.726. The summed E-state index contributed by atoms with van der Waals surface area (Å²) in [6.07, 6.45) is 0.981. The second kappa shape index (κ2) is 6.70. The van der Waals surface area contributed by atoms with Crippen LogP contribution in [0, 0.1) is 0 Å². The molecule has 2 unspecified atom stereocenters. The van der Waals surface area contributed by atoms with Crippen molar-refractivity contribution in [2.24, 2.45) is 0 Å². The van der Waals surface area contributed by atoms with E-state index in [1.54, 1.807) is 18.9 Å². The highest BCUT2D eigenvalue weighted by molar-refractivity contribution is 5.86. The van der Waals surface area contributed by atoms with Crippen LogP contribution in [0.1, 0.15) is 20.3 Å². The molecule has 1 aliphatic rings. The fraction of sp³-hybridized carbons (Fsp3) is 0.800. The summed E-state index contributed by atoms with van der Waals surface area (Å²) in [4.78, 5) is 24.4. The molecule has 0 radical (unpaired) electrons. The second-order valence-corrected chi connectivity index (χ2v) is 4.02. The van der Waals surface area contributed by atoms with Gasteiger partial charge in [-0.15, -0.1) is 12.4 Å². The number of carbonyl (C=O) groups excluding carboxylic acids is 2. The van der Waals surface area contributed by atoms with Crippen molar-refractivity contribution in [1.82, 2.24) is 15.5 Å². The molecule has 94 valence electrons. The predicted molar refractivity (Wildman–Crippen MR) is 64.6 cm³/mol. The van der Waals surface area contributed by atoms with Crippen molar-refractivity contribution in [3.63, 3.8) is 0 Å². The van der Waals surface area contributed by atoms with Gasteiger partial charge in [-0.25, -0.2) is 0 Å². The zero-order valence-electron chi connectivity index (χ0n) is 9.95. The van der Waals surface area contributed by atoms with Gasteiger partial charge in [0.05, 0.1) is 0 Å². The number of rotatable bonds is 3. The maximum absolute atomic E-state index is 11.8. The van der Waals surface area contributed by atoms with E-state index in [1.165, 1.54) is 6.92 Å². The van der Waals surface area contributed by atoms with Crippen LogP contribution in [0.15, 0.2) is 0 Å². The van der Waals surface area contributed by atoms with Gasteiger partial charge in [0.2, 0.25) is 11.8 Å². The van der Waals surface area contributed by atoms with Crippen molar-refractivity contribution < 1.29 is 9.59 Å². The highest BCUT2D eigenvalue weighted by Gasteiger charge is 2.26. The van der Waals surface area contributed by atoms with Crippen LogP contribution in [-0.4, -0.2) is 48.9 Å². The Morgan fingerprint density at radius 2 is 2.12 bits per heavy atom. The molecule has 5 nitrogen and oxygen atoms in total. The first kappa shape index (κ1) is 15.2. The average Bonchev–Trinajstić information content (AvgIpc) is 2.67. The van der Waals surface area contributed by atoms with Crippen molar-refractivity contribution in [2.75, 3.05) is 20.1 Å². The molecule has 0 bridgehead atoms. The number of amides is 2. The zero-order chi connectivity index (χ0) is 11.4. The number of hydrogen-bond donors (Lipinski definition) is 2. The Kier molecular flexibility index (Phi) is 6.36. The van der Waals surface area contributed by atoms with Gasteiger partial charge >= 0.3 is 0 Å². The molecular weight excluding hydrogens is 230 g/mol. The molecule has 2 amide bonds. The third kappa shape index (κ3) is 3.98. The van der Waals surface area contributed by atoms with E-state index in [-0.39, 0.29) is 30.3 Å². The summed E-state index contributed by atoms with van der Waals surface area (Å²) in [5, 5.41) is 5.80. The Morgan fingerprint density at radius 3 is 2.56 bits per heavy atom. The molecule has 0 aromatic carbocycles. The lowest BCUT2D eigenvalue weighted by molar-refractivity contribution is -0.135. The minimum Gasteiger partial charge on any atom is -0.345 e. The van der Waals surface area contributed by atoms with E-state index < -0.39 is 6.04 Å². The third-order valence-electron chi connectivity index (χ3n) is 2.72. The van der Waals surface area contributed by atoms with E-state index in [4.69, 9.17) is 0 Å². The Morgan fingerprint density at radius 1 is 1.50 bits per heavy atom. The molecule has 0 aliphatic carbocycles. The summed E-state index contributed by atoms with van der Waals surface area (Å²) >= 11 is 0. The first-order valence-corrected chi connectivity index (χ1v) is 5.27. The summed E-state index contributed by atoms with van der Waals surface area (Å²) < 4.78 is 0. The zero-order valence-corrected chi connectivity index (χ0v) is 10.8. The Labute approximate surface area is 102 Å². The first-order valence-electron chi connectivity index (χ1n) is 5.27. The highest BCUT2D eigenvalue weighted by Crippen LogP contribution is 2.07. The molecule has 0 saturated carbocycles. The Balaban J connectivity index is 0.00000225. The summed E-state index contributed by atoms with van der Waals surface area (Å²) in [6.45, 7) is 4.93. The fourth-order valence-electron chi connectivity index (χ4n) is 1.82.